The Balaban J connectivity index is 1.95. The number of methoxy groups -OCH3 is 3. The fourth-order valence-electron chi connectivity index (χ4n) is 3.87. The maximum Gasteiger partial charge on any atom is 0.329 e. The molecule has 0 spiro atoms. The van der Waals surface area contributed by atoms with Gasteiger partial charge in [0.2, 0.25) is 0 Å². The number of nitrogens with zero attached hydrogens (tertiary/aromatic N) is 3. The van der Waals surface area contributed by atoms with Crippen LogP contribution in [0.1, 0.15) is 18.4 Å². The molecule has 7 heteroatoms. The van der Waals surface area contributed by atoms with Gasteiger partial charge in [0.25, 0.3) is 0 Å². The highest BCUT2D eigenvalue weighted by atomic mass is 16.5. The van der Waals surface area contributed by atoms with E-state index < -0.39 is 0 Å². The van der Waals surface area contributed by atoms with Crippen molar-refractivity contribution < 1.29 is 14.2 Å². The zero-order valence-electron chi connectivity index (χ0n) is 17.8. The molecule has 0 amide bonds. The summed E-state index contributed by atoms with van der Waals surface area (Å²) in [6.45, 7) is 2.70. The van der Waals surface area contributed by atoms with Gasteiger partial charge in [-0.1, -0.05) is 6.92 Å². The summed E-state index contributed by atoms with van der Waals surface area (Å²) in [4.78, 5) is 17.8. The summed E-state index contributed by atoms with van der Waals surface area (Å²) in [5.41, 5.74) is 4.11. The summed E-state index contributed by atoms with van der Waals surface area (Å²) in [5.74, 6) is 2.23. The molecule has 1 aliphatic rings. The Morgan fingerprint density at radius 1 is 0.967 bits per heavy atom. The monoisotopic (exact) mass is 407 g/mol. The van der Waals surface area contributed by atoms with Crippen LogP contribution in [-0.2, 0) is 13.6 Å². The van der Waals surface area contributed by atoms with Crippen LogP contribution >= 0.6 is 0 Å². The third-order valence-corrected chi connectivity index (χ3v) is 5.55. The number of benzene rings is 2. The number of aromatic nitrogens is 2. The lowest BCUT2D eigenvalue weighted by molar-refractivity contribution is 0.354. The van der Waals surface area contributed by atoms with Crippen LogP contribution in [-0.4, -0.2) is 30.5 Å². The lowest BCUT2D eigenvalue weighted by Gasteiger charge is -2.28. The van der Waals surface area contributed by atoms with Crippen molar-refractivity contribution in [1.82, 2.24) is 9.13 Å². The Hall–Kier alpha value is -3.48. The van der Waals surface area contributed by atoms with E-state index in [0.29, 0.717) is 23.5 Å². The predicted octanol–water partition coefficient (Wildman–Crippen LogP) is 3.23. The second kappa shape index (κ2) is 7.74. The lowest BCUT2D eigenvalue weighted by Crippen LogP contribution is -2.41. The summed E-state index contributed by atoms with van der Waals surface area (Å²) < 4.78 is 19.6. The second-order valence-electron chi connectivity index (χ2n) is 7.35. The molecule has 7 nitrogen and oxygen atoms in total. The van der Waals surface area contributed by atoms with Gasteiger partial charge in [-0.05, 0) is 42.0 Å². The molecule has 2 heterocycles. The Morgan fingerprint density at radius 3 is 2.27 bits per heavy atom. The van der Waals surface area contributed by atoms with Gasteiger partial charge in [0, 0.05) is 31.1 Å². The highest BCUT2D eigenvalue weighted by Gasteiger charge is 2.26. The van der Waals surface area contributed by atoms with Gasteiger partial charge in [-0.15, -0.1) is 0 Å². The van der Waals surface area contributed by atoms with Crippen LogP contribution in [0.25, 0.3) is 11.3 Å². The highest BCUT2D eigenvalue weighted by molar-refractivity contribution is 5.71. The maximum absolute atomic E-state index is 13.1. The van der Waals surface area contributed by atoms with Gasteiger partial charge in [-0.2, -0.15) is 0 Å². The molecule has 0 saturated heterocycles. The average molecular weight is 407 g/mol. The van der Waals surface area contributed by atoms with E-state index >= 15 is 0 Å². The molecule has 1 aliphatic heterocycles. The molecule has 0 N–H and O–H groups in total. The largest absolute Gasteiger partial charge is 0.497 e. The molecule has 2 aromatic carbocycles. The van der Waals surface area contributed by atoms with E-state index in [1.807, 2.05) is 42.5 Å². The van der Waals surface area contributed by atoms with Gasteiger partial charge < -0.3 is 14.2 Å². The van der Waals surface area contributed by atoms with E-state index in [1.165, 1.54) is 0 Å². The lowest BCUT2D eigenvalue weighted by atomic mass is 9.89. The first-order chi connectivity index (χ1) is 14.5. The van der Waals surface area contributed by atoms with Gasteiger partial charge in [-0.3, -0.25) is 9.13 Å². The third kappa shape index (κ3) is 3.26. The molecule has 30 heavy (non-hydrogen) atoms. The van der Waals surface area contributed by atoms with Crippen LogP contribution in [0.4, 0.5) is 5.69 Å². The zero-order chi connectivity index (χ0) is 21.4. The summed E-state index contributed by atoms with van der Waals surface area (Å²) in [6.07, 6.45) is 0. The molecule has 1 atom stereocenters. The zero-order valence-corrected chi connectivity index (χ0v) is 17.8. The van der Waals surface area contributed by atoms with Crippen molar-refractivity contribution in [3.05, 3.63) is 64.0 Å². The molecular formula is C23H25N3O4. The van der Waals surface area contributed by atoms with Gasteiger partial charge in [0.1, 0.15) is 11.2 Å². The SMILES string of the molecule is COc1ccc(/N=c2/cc3n(c(=O)n2C)CC(C)c2cc(OC)c(OC)cc2-3)cc1. The number of rotatable bonds is 4. The first-order valence-corrected chi connectivity index (χ1v) is 9.72. The van der Waals surface area contributed by atoms with Crippen LogP contribution < -0.4 is 25.4 Å². The summed E-state index contributed by atoms with van der Waals surface area (Å²) in [5, 5.41) is 0. The first kappa shape index (κ1) is 19.8. The molecule has 156 valence electrons. The minimum absolute atomic E-state index is 0.105. The van der Waals surface area contributed by atoms with Crippen molar-refractivity contribution in [3.63, 3.8) is 0 Å². The number of hydrogen-bond acceptors (Lipinski definition) is 5. The van der Waals surface area contributed by atoms with Crippen LogP contribution in [0.15, 0.2) is 52.3 Å². The van der Waals surface area contributed by atoms with Crippen molar-refractivity contribution in [3.8, 4) is 28.5 Å². The Morgan fingerprint density at radius 2 is 1.63 bits per heavy atom. The average Bonchev–Trinajstić information content (AvgIpc) is 2.77. The molecule has 0 bridgehead atoms. The van der Waals surface area contributed by atoms with Gasteiger partial charge in [0.15, 0.2) is 11.5 Å². The molecule has 4 rings (SSSR count). The fraction of sp³-hybridized carbons (Fsp3) is 0.304. The van der Waals surface area contributed by atoms with Crippen molar-refractivity contribution in [2.45, 2.75) is 19.4 Å². The predicted molar refractivity (Wildman–Crippen MR) is 115 cm³/mol. The third-order valence-electron chi connectivity index (χ3n) is 5.55. The number of hydrogen-bond donors (Lipinski definition) is 0. The molecular weight excluding hydrogens is 382 g/mol. The molecule has 0 saturated carbocycles. The maximum atomic E-state index is 13.1. The topological polar surface area (TPSA) is 67.0 Å². The van der Waals surface area contributed by atoms with E-state index in [2.05, 4.69) is 6.92 Å². The van der Waals surface area contributed by atoms with E-state index in [-0.39, 0.29) is 11.6 Å². The van der Waals surface area contributed by atoms with Crippen molar-refractivity contribution in [2.24, 2.45) is 12.0 Å². The van der Waals surface area contributed by atoms with Crippen molar-refractivity contribution in [2.75, 3.05) is 21.3 Å². The van der Waals surface area contributed by atoms with E-state index in [4.69, 9.17) is 19.2 Å². The van der Waals surface area contributed by atoms with Crippen LogP contribution in [0.2, 0.25) is 0 Å². The van der Waals surface area contributed by atoms with Gasteiger partial charge in [-0.25, -0.2) is 9.79 Å². The van der Waals surface area contributed by atoms with Crippen LogP contribution in [0.5, 0.6) is 17.2 Å². The fourth-order valence-corrected chi connectivity index (χ4v) is 3.87. The van der Waals surface area contributed by atoms with E-state index in [0.717, 1.165) is 28.3 Å². The van der Waals surface area contributed by atoms with Crippen LogP contribution in [0.3, 0.4) is 0 Å². The normalized spacial score (nSPS) is 15.4. The molecule has 0 fully saturated rings. The molecule has 3 aromatic rings. The highest BCUT2D eigenvalue weighted by Crippen LogP contribution is 2.41. The van der Waals surface area contributed by atoms with E-state index in [1.54, 1.807) is 37.5 Å². The summed E-state index contributed by atoms with van der Waals surface area (Å²) in [7, 11) is 6.60. The summed E-state index contributed by atoms with van der Waals surface area (Å²) in [6, 6.07) is 13.3. The Kier molecular flexibility index (Phi) is 5.11. The smallest absolute Gasteiger partial charge is 0.329 e. The Labute approximate surface area is 174 Å². The quantitative estimate of drug-likeness (QED) is 0.666. The minimum atomic E-state index is -0.105. The van der Waals surface area contributed by atoms with Gasteiger partial charge >= 0.3 is 5.69 Å². The first-order valence-electron chi connectivity index (χ1n) is 9.72. The van der Waals surface area contributed by atoms with E-state index in [9.17, 15) is 4.79 Å². The standard InChI is InChI=1S/C23H25N3O4/c1-14-13-26-19(18-11-21(30-5)20(29-4)10-17(14)18)12-22(25(2)23(26)27)24-15-6-8-16(28-3)9-7-15/h6-12,14H,13H2,1-5H3/b24-22-. The van der Waals surface area contributed by atoms with Gasteiger partial charge in [0.05, 0.1) is 32.7 Å². The molecule has 0 radical (unpaired) electrons. The minimum Gasteiger partial charge on any atom is -0.497 e. The van der Waals surface area contributed by atoms with Crippen molar-refractivity contribution in [1.29, 1.82) is 0 Å². The molecule has 0 aliphatic carbocycles. The molecule has 1 unspecified atom stereocenters. The summed E-state index contributed by atoms with van der Waals surface area (Å²) >= 11 is 0. The van der Waals surface area contributed by atoms with Crippen molar-refractivity contribution >= 4 is 5.69 Å². The Bertz CT molecular complexity index is 1220. The number of ether oxygens (including phenoxy) is 3. The number of fused-ring (bicyclic) bond motifs is 3. The van der Waals surface area contributed by atoms with Crippen LogP contribution in [0, 0.1) is 0 Å². The molecule has 1 aromatic heterocycles. The second-order valence-corrected chi connectivity index (χ2v) is 7.35.